The third kappa shape index (κ3) is 8.49. The maximum atomic E-state index is 12.8. The molecule has 0 aromatic heterocycles. The van der Waals surface area contributed by atoms with Gasteiger partial charge in [-0.1, -0.05) is 61.0 Å². The average Bonchev–Trinajstić information content (AvgIpc) is 3.04. The molecule has 3 aromatic carbocycles. The normalized spacial score (nSPS) is 17.0. The van der Waals surface area contributed by atoms with Crippen molar-refractivity contribution in [1.82, 2.24) is 20.9 Å². The topological polar surface area (TPSA) is 105 Å². The van der Waals surface area contributed by atoms with Gasteiger partial charge in [-0.2, -0.15) is 5.26 Å². The zero-order valence-corrected chi connectivity index (χ0v) is 24.7. The number of carbonyl (C=O) groups excluding carboxylic acids is 1. The second-order valence-electron chi connectivity index (χ2n) is 10.9. The van der Waals surface area contributed by atoms with E-state index in [2.05, 4.69) is 48.9 Å². The number of hydrogen-bond donors (Lipinski definition) is 3. The predicted octanol–water partition coefficient (Wildman–Crippen LogP) is 4.80. The molecule has 9 nitrogen and oxygen atoms in total. The summed E-state index contributed by atoms with van der Waals surface area (Å²) in [7, 11) is 0. The van der Waals surface area contributed by atoms with Crippen LogP contribution in [0, 0.1) is 11.5 Å². The van der Waals surface area contributed by atoms with E-state index >= 15 is 0 Å². The van der Waals surface area contributed by atoms with Crippen LogP contribution in [-0.2, 0) is 6.54 Å². The lowest BCUT2D eigenvalue weighted by atomic mass is 10.0. The number of para-hydroxylation sites is 1. The van der Waals surface area contributed by atoms with Crippen molar-refractivity contribution in [2.75, 3.05) is 44.2 Å². The van der Waals surface area contributed by atoms with E-state index in [1.165, 1.54) is 37.9 Å². The van der Waals surface area contributed by atoms with Crippen LogP contribution in [0.5, 0.6) is 5.75 Å². The Morgan fingerprint density at radius 1 is 1.00 bits per heavy atom. The lowest BCUT2D eigenvalue weighted by Gasteiger charge is -2.39. The molecule has 5 rings (SSSR count). The second-order valence-corrected chi connectivity index (χ2v) is 10.9. The summed E-state index contributed by atoms with van der Waals surface area (Å²) >= 11 is 0. The van der Waals surface area contributed by atoms with Crippen LogP contribution in [0.25, 0.3) is 0 Å². The van der Waals surface area contributed by atoms with Gasteiger partial charge in [-0.3, -0.25) is 20.0 Å². The Hall–Kier alpha value is -4.55. The van der Waals surface area contributed by atoms with Gasteiger partial charge in [-0.15, -0.1) is 0 Å². The van der Waals surface area contributed by atoms with Gasteiger partial charge in [0.1, 0.15) is 11.9 Å². The predicted molar refractivity (Wildman–Crippen MR) is 170 cm³/mol. The van der Waals surface area contributed by atoms with E-state index in [4.69, 9.17) is 4.74 Å². The molecule has 0 bridgehead atoms. The number of guanidine groups is 1. The van der Waals surface area contributed by atoms with Crippen LogP contribution in [-0.4, -0.2) is 56.1 Å². The Kier molecular flexibility index (Phi) is 10.9. The summed E-state index contributed by atoms with van der Waals surface area (Å²) < 4.78 is 6.00. The smallest absolute Gasteiger partial charge is 0.255 e. The lowest BCUT2D eigenvalue weighted by molar-refractivity contribution is 0.0926. The fourth-order valence-electron chi connectivity index (χ4n) is 5.69. The van der Waals surface area contributed by atoms with Crippen molar-refractivity contribution in [2.24, 2.45) is 4.99 Å². The van der Waals surface area contributed by atoms with Crippen molar-refractivity contribution in [3.05, 3.63) is 95.6 Å². The van der Waals surface area contributed by atoms with E-state index in [0.717, 1.165) is 36.4 Å². The van der Waals surface area contributed by atoms with Crippen molar-refractivity contribution in [1.29, 1.82) is 5.26 Å². The van der Waals surface area contributed by atoms with E-state index < -0.39 is 0 Å². The minimum Gasteiger partial charge on any atom is -0.494 e. The SMILES string of the molecule is N#CNC(=NCCCOc1cccc(CN2CCCCC2)c1)NCCCN1c2ccccc2C(=O)NC1c1ccccc1. The number of hydrogen-bond acceptors (Lipinski definition) is 6. The van der Waals surface area contributed by atoms with Crippen LogP contribution >= 0.6 is 0 Å². The molecule has 0 saturated carbocycles. The van der Waals surface area contributed by atoms with Crippen LogP contribution in [0.15, 0.2) is 83.9 Å². The Morgan fingerprint density at radius 2 is 1.81 bits per heavy atom. The highest BCUT2D eigenvalue weighted by Crippen LogP contribution is 2.33. The van der Waals surface area contributed by atoms with Crippen molar-refractivity contribution in [3.63, 3.8) is 0 Å². The highest BCUT2D eigenvalue weighted by Gasteiger charge is 2.31. The molecule has 0 radical (unpaired) electrons. The van der Waals surface area contributed by atoms with Crippen LogP contribution in [0.1, 0.15) is 59.8 Å². The number of fused-ring (bicyclic) bond motifs is 1. The fraction of sp³-hybridized carbons (Fsp3) is 0.382. The average molecular weight is 580 g/mol. The number of nitriles is 1. The lowest BCUT2D eigenvalue weighted by Crippen LogP contribution is -2.47. The van der Waals surface area contributed by atoms with Gasteiger partial charge in [0.05, 0.1) is 17.9 Å². The zero-order chi connectivity index (χ0) is 29.7. The molecule has 0 spiro atoms. The molecule has 1 saturated heterocycles. The van der Waals surface area contributed by atoms with Crippen LogP contribution in [0.3, 0.4) is 0 Å². The van der Waals surface area contributed by atoms with Crippen molar-refractivity contribution in [3.8, 4) is 11.9 Å². The minimum atomic E-state index is -0.251. The van der Waals surface area contributed by atoms with Crippen LogP contribution in [0.2, 0.25) is 0 Å². The molecule has 3 aromatic rings. The molecule has 224 valence electrons. The summed E-state index contributed by atoms with van der Waals surface area (Å²) in [6, 6.07) is 26.1. The monoisotopic (exact) mass is 579 g/mol. The Balaban J connectivity index is 1.09. The number of ether oxygens (including phenoxy) is 1. The molecule has 2 heterocycles. The van der Waals surface area contributed by atoms with Crippen LogP contribution < -0.4 is 25.6 Å². The maximum absolute atomic E-state index is 12.8. The summed E-state index contributed by atoms with van der Waals surface area (Å²) in [5.41, 5.74) is 3.91. The van der Waals surface area contributed by atoms with Gasteiger partial charge < -0.3 is 20.3 Å². The number of rotatable bonds is 12. The molecular formula is C34H41N7O2. The standard InChI is InChI=1S/C34H41N7O2/c35-26-38-34(37-19-11-23-43-29-15-9-12-27(24-29)25-40-20-7-2-8-21-40)36-18-10-22-41-31-17-6-5-16-30(31)33(42)39-32(41)28-13-3-1-4-14-28/h1,3-6,9,12-17,24,32H,2,7-8,10-11,18-23,25H2,(H,39,42)(H2,36,37,38). The molecule has 2 aliphatic heterocycles. The molecule has 1 atom stereocenters. The number of aliphatic imine (C=N–C) groups is 1. The van der Waals surface area contributed by atoms with Crippen molar-refractivity contribution >= 4 is 17.6 Å². The summed E-state index contributed by atoms with van der Waals surface area (Å²) in [6.07, 6.45) is 7.15. The summed E-state index contributed by atoms with van der Waals surface area (Å²) in [5.74, 6) is 1.27. The van der Waals surface area contributed by atoms with Gasteiger partial charge in [0.25, 0.3) is 5.91 Å². The number of anilines is 1. The first-order valence-electron chi connectivity index (χ1n) is 15.3. The molecule has 3 N–H and O–H groups in total. The molecule has 1 unspecified atom stereocenters. The quantitative estimate of drug-likeness (QED) is 0.0931. The van der Waals surface area contributed by atoms with E-state index in [1.54, 1.807) is 0 Å². The number of benzene rings is 3. The number of nitrogens with one attached hydrogen (secondary N) is 3. The molecule has 2 aliphatic rings. The number of piperidine rings is 1. The number of amides is 1. The van der Waals surface area contributed by atoms with Gasteiger partial charge in [0, 0.05) is 32.6 Å². The van der Waals surface area contributed by atoms with E-state index in [9.17, 15) is 10.1 Å². The second kappa shape index (κ2) is 15.6. The first-order valence-corrected chi connectivity index (χ1v) is 15.3. The van der Waals surface area contributed by atoms with Gasteiger partial charge in [-0.25, -0.2) is 0 Å². The highest BCUT2D eigenvalue weighted by atomic mass is 16.5. The molecule has 0 aliphatic carbocycles. The molecule has 9 heteroatoms. The summed E-state index contributed by atoms with van der Waals surface area (Å²) in [6.45, 7) is 5.73. The maximum Gasteiger partial charge on any atom is 0.255 e. The fourth-order valence-corrected chi connectivity index (χ4v) is 5.69. The van der Waals surface area contributed by atoms with E-state index in [0.29, 0.717) is 37.8 Å². The third-order valence-electron chi connectivity index (χ3n) is 7.79. The zero-order valence-electron chi connectivity index (χ0n) is 24.7. The first-order chi connectivity index (χ1) is 21.2. The van der Waals surface area contributed by atoms with Crippen LogP contribution in [0.4, 0.5) is 5.69 Å². The Labute approximate surface area is 254 Å². The van der Waals surface area contributed by atoms with Gasteiger partial charge in [-0.05, 0) is 67.7 Å². The number of likely N-dealkylation sites (tertiary alicyclic amines) is 1. The van der Waals surface area contributed by atoms with Gasteiger partial charge in [0.15, 0.2) is 6.19 Å². The van der Waals surface area contributed by atoms with Crippen molar-refractivity contribution < 1.29 is 9.53 Å². The Bertz CT molecular complexity index is 1400. The van der Waals surface area contributed by atoms with Gasteiger partial charge >= 0.3 is 0 Å². The molecular weight excluding hydrogens is 538 g/mol. The van der Waals surface area contributed by atoms with E-state index in [-0.39, 0.29) is 12.1 Å². The number of carbonyl (C=O) groups is 1. The molecule has 1 fully saturated rings. The highest BCUT2D eigenvalue weighted by molar-refractivity contribution is 6.02. The summed E-state index contributed by atoms with van der Waals surface area (Å²) in [5, 5.41) is 18.3. The summed E-state index contributed by atoms with van der Waals surface area (Å²) in [4.78, 5) is 22.1. The van der Waals surface area contributed by atoms with Crippen molar-refractivity contribution in [2.45, 2.75) is 44.8 Å². The molecule has 43 heavy (non-hydrogen) atoms. The Morgan fingerprint density at radius 3 is 2.65 bits per heavy atom. The number of nitrogens with zero attached hydrogens (tertiary/aromatic N) is 4. The first kappa shape index (κ1) is 29.9. The molecule has 1 amide bonds. The largest absolute Gasteiger partial charge is 0.494 e. The van der Waals surface area contributed by atoms with E-state index in [1.807, 2.05) is 66.9 Å². The third-order valence-corrected chi connectivity index (χ3v) is 7.79. The van der Waals surface area contributed by atoms with Gasteiger partial charge in [0.2, 0.25) is 5.96 Å². The minimum absolute atomic E-state index is 0.0689.